The summed E-state index contributed by atoms with van der Waals surface area (Å²) in [4.78, 5) is 3.79. The summed E-state index contributed by atoms with van der Waals surface area (Å²) in [6.45, 7) is 1.72. The van der Waals surface area contributed by atoms with Crippen LogP contribution in [-0.2, 0) is 6.18 Å². The molecule has 14 heavy (non-hydrogen) atoms. The highest BCUT2D eigenvalue weighted by atomic mass is 19.4. The third kappa shape index (κ3) is 1.32. The lowest BCUT2D eigenvalue weighted by Crippen LogP contribution is -2.07. The van der Waals surface area contributed by atoms with E-state index in [1.807, 2.05) is 0 Å². The quantitative estimate of drug-likeness (QED) is 0.653. The van der Waals surface area contributed by atoms with E-state index >= 15 is 0 Å². The minimum atomic E-state index is -4.37. The van der Waals surface area contributed by atoms with Gasteiger partial charge in [-0.25, -0.2) is 9.50 Å². The first-order chi connectivity index (χ1) is 6.48. The highest BCUT2D eigenvalue weighted by Crippen LogP contribution is 2.28. The molecule has 2 rings (SSSR count). The summed E-state index contributed by atoms with van der Waals surface area (Å²) in [6, 6.07) is 0.972. The fourth-order valence-corrected chi connectivity index (χ4v) is 1.15. The molecule has 0 spiro atoms. The van der Waals surface area contributed by atoms with Crippen LogP contribution in [0.15, 0.2) is 18.5 Å². The van der Waals surface area contributed by atoms with Crippen LogP contribution in [-0.4, -0.2) is 14.6 Å². The van der Waals surface area contributed by atoms with Crippen LogP contribution < -0.4 is 0 Å². The van der Waals surface area contributed by atoms with Crippen molar-refractivity contribution in [3.05, 3.63) is 29.7 Å². The first kappa shape index (κ1) is 8.98. The fraction of sp³-hybridized carbons (Fsp3) is 0.250. The Morgan fingerprint density at radius 3 is 2.64 bits per heavy atom. The Labute approximate surface area is 77.2 Å². The van der Waals surface area contributed by atoms with Crippen molar-refractivity contribution in [3.8, 4) is 0 Å². The van der Waals surface area contributed by atoms with Gasteiger partial charge >= 0.3 is 6.18 Å². The second-order valence-corrected chi connectivity index (χ2v) is 2.91. The molecule has 0 radical (unpaired) electrons. The predicted molar refractivity (Wildman–Crippen MR) is 42.7 cm³/mol. The molecule has 2 aromatic heterocycles. The number of fused-ring (bicyclic) bond motifs is 1. The Bertz CT molecular complexity index is 472. The van der Waals surface area contributed by atoms with Gasteiger partial charge < -0.3 is 0 Å². The summed E-state index contributed by atoms with van der Waals surface area (Å²) in [6.07, 6.45) is -2.10. The maximum Gasteiger partial charge on any atom is 0.418 e. The number of aromatic nitrogens is 3. The van der Waals surface area contributed by atoms with Crippen LogP contribution in [0.2, 0.25) is 0 Å². The van der Waals surface area contributed by atoms with Crippen molar-refractivity contribution < 1.29 is 13.2 Å². The second-order valence-electron chi connectivity index (χ2n) is 2.91. The lowest BCUT2D eigenvalue weighted by Gasteiger charge is -2.05. The number of halogens is 3. The van der Waals surface area contributed by atoms with E-state index in [4.69, 9.17) is 0 Å². The number of hydrogen-bond donors (Lipinski definition) is 0. The molecule has 0 aliphatic heterocycles. The Kier molecular flexibility index (Phi) is 1.73. The minimum absolute atomic E-state index is 0.206. The lowest BCUT2D eigenvalue weighted by molar-refractivity contribution is -0.137. The Morgan fingerprint density at radius 1 is 1.29 bits per heavy atom. The number of alkyl halides is 3. The van der Waals surface area contributed by atoms with E-state index in [1.165, 1.54) is 10.7 Å². The number of imidazole rings is 1. The highest BCUT2D eigenvalue weighted by molar-refractivity contribution is 5.41. The molecule has 0 aliphatic rings. The van der Waals surface area contributed by atoms with Gasteiger partial charge in [0.1, 0.15) is 0 Å². The zero-order valence-electron chi connectivity index (χ0n) is 7.21. The molecule has 0 saturated carbocycles. The molecule has 0 fully saturated rings. The molecule has 6 heteroatoms. The summed E-state index contributed by atoms with van der Waals surface area (Å²) in [5, 5.41) is 3.64. The summed E-state index contributed by atoms with van der Waals surface area (Å²) >= 11 is 0. The first-order valence-electron chi connectivity index (χ1n) is 3.86. The van der Waals surface area contributed by atoms with Gasteiger partial charge in [-0.2, -0.15) is 18.3 Å². The van der Waals surface area contributed by atoms with Crippen molar-refractivity contribution in [1.29, 1.82) is 0 Å². The number of rotatable bonds is 0. The fourth-order valence-electron chi connectivity index (χ4n) is 1.15. The molecule has 3 nitrogen and oxygen atoms in total. The first-order valence-corrected chi connectivity index (χ1v) is 3.86. The van der Waals surface area contributed by atoms with Gasteiger partial charge in [0, 0.05) is 0 Å². The third-order valence-electron chi connectivity index (χ3n) is 1.86. The molecular formula is C8H6F3N3. The third-order valence-corrected chi connectivity index (χ3v) is 1.86. The lowest BCUT2D eigenvalue weighted by atomic mass is 10.3. The van der Waals surface area contributed by atoms with Crippen LogP contribution in [0.4, 0.5) is 13.2 Å². The average Bonchev–Trinajstić information content (AvgIpc) is 2.46. The van der Waals surface area contributed by atoms with Gasteiger partial charge in [0.2, 0.25) is 0 Å². The SMILES string of the molecule is Cc1cnc2cc(C(F)(F)F)cnn12. The van der Waals surface area contributed by atoms with Crippen LogP contribution in [0.5, 0.6) is 0 Å². The number of nitrogens with zero attached hydrogens (tertiary/aromatic N) is 3. The van der Waals surface area contributed by atoms with E-state index in [0.717, 1.165) is 12.3 Å². The van der Waals surface area contributed by atoms with E-state index in [0.29, 0.717) is 5.69 Å². The van der Waals surface area contributed by atoms with E-state index in [9.17, 15) is 13.2 Å². The predicted octanol–water partition coefficient (Wildman–Crippen LogP) is 2.06. The maximum atomic E-state index is 12.2. The van der Waals surface area contributed by atoms with Crippen LogP contribution in [0.25, 0.3) is 5.65 Å². The molecule has 74 valence electrons. The Morgan fingerprint density at radius 2 is 2.00 bits per heavy atom. The van der Waals surface area contributed by atoms with Gasteiger partial charge in [-0.15, -0.1) is 0 Å². The summed E-state index contributed by atoms with van der Waals surface area (Å²) in [5.74, 6) is 0. The molecule has 0 amide bonds. The van der Waals surface area contributed by atoms with Crippen molar-refractivity contribution in [2.45, 2.75) is 13.1 Å². The topological polar surface area (TPSA) is 30.2 Å². The summed E-state index contributed by atoms with van der Waals surface area (Å²) in [7, 11) is 0. The molecule has 0 bridgehead atoms. The summed E-state index contributed by atoms with van der Waals surface area (Å²) < 4.78 is 38.1. The zero-order chi connectivity index (χ0) is 10.3. The van der Waals surface area contributed by atoms with E-state index < -0.39 is 11.7 Å². The Hall–Kier alpha value is -1.59. The molecule has 2 heterocycles. The van der Waals surface area contributed by atoms with Crippen molar-refractivity contribution in [2.24, 2.45) is 0 Å². The van der Waals surface area contributed by atoms with Gasteiger partial charge in [0.15, 0.2) is 5.65 Å². The standard InChI is InChI=1S/C8H6F3N3/c1-5-3-12-7-2-6(8(9,10)11)4-13-14(5)7/h2-4H,1H3. The molecule has 0 N–H and O–H groups in total. The van der Waals surface area contributed by atoms with Gasteiger partial charge in [0.05, 0.1) is 23.7 Å². The van der Waals surface area contributed by atoms with Crippen LogP contribution in [0, 0.1) is 6.92 Å². The average molecular weight is 201 g/mol. The van der Waals surface area contributed by atoms with Crippen LogP contribution >= 0.6 is 0 Å². The van der Waals surface area contributed by atoms with Crippen molar-refractivity contribution in [2.75, 3.05) is 0 Å². The van der Waals surface area contributed by atoms with Gasteiger partial charge in [-0.3, -0.25) is 0 Å². The monoisotopic (exact) mass is 201 g/mol. The van der Waals surface area contributed by atoms with Gasteiger partial charge in [-0.05, 0) is 13.0 Å². The zero-order valence-corrected chi connectivity index (χ0v) is 7.21. The molecular weight excluding hydrogens is 195 g/mol. The van der Waals surface area contributed by atoms with Crippen LogP contribution in [0.3, 0.4) is 0 Å². The molecule has 0 atom stereocenters. The molecule has 0 unspecified atom stereocenters. The number of aryl methyl sites for hydroxylation is 1. The highest BCUT2D eigenvalue weighted by Gasteiger charge is 2.31. The Balaban J connectivity index is 2.63. The summed E-state index contributed by atoms with van der Waals surface area (Å²) in [5.41, 5.74) is 0.127. The maximum absolute atomic E-state index is 12.2. The van der Waals surface area contributed by atoms with E-state index in [1.54, 1.807) is 6.92 Å². The molecule has 0 saturated heterocycles. The molecule has 2 aromatic rings. The normalized spacial score (nSPS) is 12.3. The molecule has 0 aliphatic carbocycles. The van der Waals surface area contributed by atoms with Crippen molar-refractivity contribution >= 4 is 5.65 Å². The van der Waals surface area contributed by atoms with E-state index in [2.05, 4.69) is 10.1 Å². The second kappa shape index (κ2) is 2.70. The molecule has 0 aromatic carbocycles. The van der Waals surface area contributed by atoms with Gasteiger partial charge in [0.25, 0.3) is 0 Å². The van der Waals surface area contributed by atoms with E-state index in [-0.39, 0.29) is 5.65 Å². The van der Waals surface area contributed by atoms with Crippen molar-refractivity contribution in [3.63, 3.8) is 0 Å². The minimum Gasteiger partial charge on any atom is -0.235 e. The number of hydrogen-bond acceptors (Lipinski definition) is 2. The van der Waals surface area contributed by atoms with Crippen molar-refractivity contribution in [1.82, 2.24) is 14.6 Å². The largest absolute Gasteiger partial charge is 0.418 e. The van der Waals surface area contributed by atoms with Gasteiger partial charge in [-0.1, -0.05) is 0 Å². The van der Waals surface area contributed by atoms with Crippen LogP contribution in [0.1, 0.15) is 11.3 Å². The smallest absolute Gasteiger partial charge is 0.235 e.